The molecule has 28 heavy (non-hydrogen) atoms. The van der Waals surface area contributed by atoms with E-state index in [-0.39, 0.29) is 10.8 Å². The van der Waals surface area contributed by atoms with Gasteiger partial charge in [-0.15, -0.1) is 0 Å². The minimum atomic E-state index is -3.66. The molecule has 1 aliphatic heterocycles. The zero-order valence-corrected chi connectivity index (χ0v) is 17.0. The molecule has 1 atom stereocenters. The van der Waals surface area contributed by atoms with Crippen molar-refractivity contribution in [3.63, 3.8) is 0 Å². The molecule has 3 heterocycles. The molecule has 0 bridgehead atoms. The molecular weight excluding hydrogens is 401 g/mol. The van der Waals surface area contributed by atoms with Crippen LogP contribution < -0.4 is 0 Å². The van der Waals surface area contributed by atoms with E-state index in [4.69, 9.17) is 4.52 Å². The summed E-state index contributed by atoms with van der Waals surface area (Å²) in [5.74, 6) is 0.729. The first-order valence-corrected chi connectivity index (χ1v) is 11.4. The highest BCUT2D eigenvalue weighted by Crippen LogP contribution is 2.28. The maximum Gasteiger partial charge on any atom is 0.243 e. The SMILES string of the molecule is Cc1cc(F)ccc1S(=O)(=O)N1CCCC(Cc2nc(-c3ccsc3)no2)C1. The lowest BCUT2D eigenvalue weighted by Crippen LogP contribution is -2.40. The first-order valence-electron chi connectivity index (χ1n) is 9.05. The smallest absolute Gasteiger partial charge is 0.243 e. The average Bonchev–Trinajstić information content (AvgIpc) is 3.33. The van der Waals surface area contributed by atoms with Gasteiger partial charge in [0.2, 0.25) is 21.7 Å². The highest BCUT2D eigenvalue weighted by atomic mass is 32.2. The van der Waals surface area contributed by atoms with Crippen LogP contribution in [0.4, 0.5) is 4.39 Å². The zero-order valence-electron chi connectivity index (χ0n) is 15.3. The maximum absolute atomic E-state index is 13.4. The number of aromatic nitrogens is 2. The first kappa shape index (κ1) is 19.2. The third-order valence-electron chi connectivity index (χ3n) is 4.95. The van der Waals surface area contributed by atoms with Gasteiger partial charge in [-0.2, -0.15) is 20.6 Å². The lowest BCUT2D eigenvalue weighted by atomic mass is 9.96. The molecule has 4 rings (SSSR count). The molecule has 0 radical (unpaired) electrons. The Labute approximate surface area is 167 Å². The van der Waals surface area contributed by atoms with Gasteiger partial charge in [-0.25, -0.2) is 12.8 Å². The summed E-state index contributed by atoms with van der Waals surface area (Å²) in [6, 6.07) is 5.71. The predicted molar refractivity (Wildman–Crippen MR) is 104 cm³/mol. The normalized spacial score (nSPS) is 18.4. The molecule has 0 spiro atoms. The highest BCUT2D eigenvalue weighted by molar-refractivity contribution is 7.89. The maximum atomic E-state index is 13.4. The quantitative estimate of drug-likeness (QED) is 0.625. The van der Waals surface area contributed by atoms with Crippen LogP contribution in [0, 0.1) is 18.7 Å². The fourth-order valence-electron chi connectivity index (χ4n) is 3.55. The minimum Gasteiger partial charge on any atom is -0.339 e. The van der Waals surface area contributed by atoms with Crippen molar-refractivity contribution in [2.45, 2.75) is 31.1 Å². The number of rotatable bonds is 5. The van der Waals surface area contributed by atoms with Gasteiger partial charge < -0.3 is 4.52 Å². The molecule has 0 saturated carbocycles. The second-order valence-corrected chi connectivity index (χ2v) is 9.70. The molecule has 6 nitrogen and oxygen atoms in total. The number of hydrogen-bond acceptors (Lipinski definition) is 6. The van der Waals surface area contributed by atoms with Crippen molar-refractivity contribution < 1.29 is 17.3 Å². The standard InChI is InChI=1S/C19H20FN3O3S2/c1-13-9-16(20)4-5-17(13)28(24,25)23-7-2-3-14(11-23)10-18-21-19(22-26-18)15-6-8-27-12-15/h4-6,8-9,12,14H,2-3,7,10-11H2,1H3. The Morgan fingerprint density at radius 3 is 2.96 bits per heavy atom. The van der Waals surface area contributed by atoms with E-state index in [2.05, 4.69) is 10.1 Å². The third-order valence-corrected chi connectivity index (χ3v) is 7.66. The Hall–Kier alpha value is -2.10. The molecule has 9 heteroatoms. The Balaban J connectivity index is 1.48. The summed E-state index contributed by atoms with van der Waals surface area (Å²) in [6.45, 7) is 2.46. The molecule has 1 unspecified atom stereocenters. The van der Waals surface area contributed by atoms with Crippen molar-refractivity contribution in [3.8, 4) is 11.4 Å². The minimum absolute atomic E-state index is 0.0973. The van der Waals surface area contributed by atoms with Crippen LogP contribution in [0.1, 0.15) is 24.3 Å². The molecule has 1 saturated heterocycles. The van der Waals surface area contributed by atoms with Crippen LogP contribution in [-0.4, -0.2) is 36.0 Å². The molecule has 3 aromatic rings. The van der Waals surface area contributed by atoms with Crippen molar-refractivity contribution in [2.75, 3.05) is 13.1 Å². The number of benzene rings is 1. The van der Waals surface area contributed by atoms with Gasteiger partial charge >= 0.3 is 0 Å². The molecule has 0 amide bonds. The largest absolute Gasteiger partial charge is 0.339 e. The van der Waals surface area contributed by atoms with Crippen molar-refractivity contribution in [1.82, 2.24) is 14.4 Å². The lowest BCUT2D eigenvalue weighted by molar-refractivity contribution is 0.247. The summed E-state index contributed by atoms with van der Waals surface area (Å²) < 4.78 is 46.3. The van der Waals surface area contributed by atoms with E-state index in [1.807, 2.05) is 16.8 Å². The van der Waals surface area contributed by atoms with E-state index in [0.29, 0.717) is 36.8 Å². The van der Waals surface area contributed by atoms with Crippen molar-refractivity contribution >= 4 is 21.4 Å². The van der Waals surface area contributed by atoms with Crippen molar-refractivity contribution in [1.29, 1.82) is 0 Å². The van der Waals surface area contributed by atoms with Crippen LogP contribution in [-0.2, 0) is 16.4 Å². The molecule has 0 N–H and O–H groups in total. The Bertz CT molecular complexity index is 1060. The average molecular weight is 422 g/mol. The van der Waals surface area contributed by atoms with E-state index in [0.717, 1.165) is 18.4 Å². The summed E-state index contributed by atoms with van der Waals surface area (Å²) >= 11 is 1.56. The summed E-state index contributed by atoms with van der Waals surface area (Å²) in [5.41, 5.74) is 1.33. The number of piperidine rings is 1. The molecule has 1 aromatic carbocycles. The van der Waals surface area contributed by atoms with E-state index in [1.54, 1.807) is 18.3 Å². The molecule has 1 fully saturated rings. The topological polar surface area (TPSA) is 76.3 Å². The highest BCUT2D eigenvalue weighted by Gasteiger charge is 2.32. The Kier molecular flexibility index (Phi) is 5.31. The second-order valence-electron chi connectivity index (χ2n) is 7.01. The summed E-state index contributed by atoms with van der Waals surface area (Å²) in [6.07, 6.45) is 2.19. The third kappa shape index (κ3) is 3.87. The summed E-state index contributed by atoms with van der Waals surface area (Å²) in [4.78, 5) is 4.59. The molecule has 148 valence electrons. The monoisotopic (exact) mass is 421 g/mol. The summed E-state index contributed by atoms with van der Waals surface area (Å²) in [5, 5.41) is 7.92. The fourth-order valence-corrected chi connectivity index (χ4v) is 5.94. The number of aryl methyl sites for hydroxylation is 1. The van der Waals surface area contributed by atoms with Gasteiger partial charge in [-0.1, -0.05) is 5.16 Å². The van der Waals surface area contributed by atoms with Gasteiger partial charge in [-0.3, -0.25) is 0 Å². The molecule has 2 aromatic heterocycles. The fraction of sp³-hybridized carbons (Fsp3) is 0.368. The van der Waals surface area contributed by atoms with Gasteiger partial charge in [0.1, 0.15) is 5.82 Å². The number of hydrogen-bond donors (Lipinski definition) is 0. The second kappa shape index (κ2) is 7.73. The van der Waals surface area contributed by atoms with Crippen molar-refractivity contribution in [3.05, 3.63) is 52.3 Å². The van der Waals surface area contributed by atoms with Gasteiger partial charge in [0.15, 0.2) is 0 Å². The molecule has 1 aliphatic rings. The van der Waals surface area contributed by atoms with Crippen LogP contribution in [0.25, 0.3) is 11.4 Å². The zero-order chi connectivity index (χ0) is 19.7. The van der Waals surface area contributed by atoms with Crippen LogP contribution in [0.5, 0.6) is 0 Å². The van der Waals surface area contributed by atoms with Crippen LogP contribution >= 0.6 is 11.3 Å². The Morgan fingerprint density at radius 2 is 2.21 bits per heavy atom. The Morgan fingerprint density at radius 1 is 1.36 bits per heavy atom. The molecular formula is C19H20FN3O3S2. The van der Waals surface area contributed by atoms with E-state index in [9.17, 15) is 12.8 Å². The first-order chi connectivity index (χ1) is 13.4. The van der Waals surface area contributed by atoms with Crippen LogP contribution in [0.2, 0.25) is 0 Å². The van der Waals surface area contributed by atoms with Crippen molar-refractivity contribution in [2.24, 2.45) is 5.92 Å². The summed E-state index contributed by atoms with van der Waals surface area (Å²) in [7, 11) is -3.66. The number of sulfonamides is 1. The predicted octanol–water partition coefficient (Wildman–Crippen LogP) is 3.89. The van der Waals surface area contributed by atoms with E-state index >= 15 is 0 Å². The number of thiophene rings is 1. The van der Waals surface area contributed by atoms with Gasteiger partial charge in [0.25, 0.3) is 0 Å². The lowest BCUT2D eigenvalue weighted by Gasteiger charge is -2.31. The number of nitrogens with zero attached hydrogens (tertiary/aromatic N) is 3. The van der Waals surface area contributed by atoms with Gasteiger partial charge in [0.05, 0.1) is 4.90 Å². The van der Waals surface area contributed by atoms with E-state index in [1.165, 1.54) is 22.5 Å². The van der Waals surface area contributed by atoms with E-state index < -0.39 is 15.8 Å². The number of halogens is 1. The van der Waals surface area contributed by atoms with Gasteiger partial charge in [-0.05, 0) is 60.9 Å². The van der Waals surface area contributed by atoms with Crippen LogP contribution in [0.3, 0.4) is 0 Å². The van der Waals surface area contributed by atoms with Gasteiger partial charge in [0, 0.05) is 30.5 Å². The molecule has 0 aliphatic carbocycles. The van der Waals surface area contributed by atoms with Crippen LogP contribution in [0.15, 0.2) is 44.4 Å².